The van der Waals surface area contributed by atoms with E-state index in [4.69, 9.17) is 21.1 Å². The molecule has 9 heteroatoms. The molecular weight excluding hydrogens is 462 g/mol. The first-order valence-corrected chi connectivity index (χ1v) is 11.8. The molecule has 4 rings (SSSR count). The van der Waals surface area contributed by atoms with Gasteiger partial charge in [0, 0.05) is 22.2 Å². The highest BCUT2D eigenvalue weighted by molar-refractivity contribution is 7.89. The van der Waals surface area contributed by atoms with Crippen molar-refractivity contribution in [2.45, 2.75) is 11.5 Å². The summed E-state index contributed by atoms with van der Waals surface area (Å²) in [5.41, 5.74) is 2.22. The second-order valence-corrected chi connectivity index (χ2v) is 9.10. The zero-order chi connectivity index (χ0) is 23.3. The molecule has 0 saturated carbocycles. The van der Waals surface area contributed by atoms with Gasteiger partial charge in [0.05, 0.1) is 18.2 Å². The van der Waals surface area contributed by atoms with Gasteiger partial charge in [0.15, 0.2) is 0 Å². The number of hydrogen-bond donors (Lipinski definition) is 1. The van der Waals surface area contributed by atoms with Crippen LogP contribution in [0.5, 0.6) is 11.5 Å². The van der Waals surface area contributed by atoms with E-state index < -0.39 is 10.0 Å². The normalized spacial score (nSPS) is 11.6. The molecule has 0 bridgehead atoms. The molecule has 4 aromatic rings. The molecule has 0 amide bonds. The summed E-state index contributed by atoms with van der Waals surface area (Å²) in [6.45, 7) is 0.233. The Hall–Kier alpha value is -3.62. The number of benzene rings is 3. The molecule has 1 N–H and O–H groups in total. The van der Waals surface area contributed by atoms with Crippen molar-refractivity contribution >= 4 is 38.7 Å². The maximum atomic E-state index is 12.4. The van der Waals surface area contributed by atoms with Crippen LogP contribution in [0.15, 0.2) is 89.0 Å². The molecule has 1 heterocycles. The van der Waals surface area contributed by atoms with Gasteiger partial charge in [-0.05, 0) is 60.2 Å². The van der Waals surface area contributed by atoms with Crippen molar-refractivity contribution < 1.29 is 17.9 Å². The fraction of sp³-hybridized carbons (Fsp3) is 0.0833. The first-order valence-electron chi connectivity index (χ1n) is 9.90. The molecule has 0 unspecified atom stereocenters. The zero-order valence-corrected chi connectivity index (χ0v) is 19.2. The molecule has 3 aromatic carbocycles. The average molecular weight is 482 g/mol. The number of hydrazone groups is 1. The molecule has 0 radical (unpaired) electrons. The summed E-state index contributed by atoms with van der Waals surface area (Å²) in [6.07, 6.45) is 3.13. The summed E-state index contributed by atoms with van der Waals surface area (Å²) in [6, 6.07) is 20.8. The van der Waals surface area contributed by atoms with E-state index in [1.807, 2.05) is 36.4 Å². The Labute approximate surface area is 196 Å². The largest absolute Gasteiger partial charge is 0.496 e. The van der Waals surface area contributed by atoms with Crippen molar-refractivity contribution in [1.82, 2.24) is 9.82 Å². The minimum atomic E-state index is -3.80. The second-order valence-electron chi connectivity index (χ2n) is 7.00. The van der Waals surface area contributed by atoms with Crippen molar-refractivity contribution in [3.63, 3.8) is 0 Å². The SMILES string of the molecule is COc1ccc(/C=N\NS(=O)(=O)c2ccc(Cl)cc2)cc1COc1cccc2cccnc12. The number of aromatic nitrogens is 1. The van der Waals surface area contributed by atoms with Gasteiger partial charge in [0.1, 0.15) is 23.6 Å². The lowest BCUT2D eigenvalue weighted by molar-refractivity contribution is 0.299. The molecule has 0 fully saturated rings. The van der Waals surface area contributed by atoms with Crippen LogP contribution in [0.25, 0.3) is 10.9 Å². The van der Waals surface area contributed by atoms with E-state index >= 15 is 0 Å². The van der Waals surface area contributed by atoms with Crippen LogP contribution < -0.4 is 14.3 Å². The lowest BCUT2D eigenvalue weighted by atomic mass is 10.1. The summed E-state index contributed by atoms with van der Waals surface area (Å²) in [4.78, 5) is 6.66. The number of halogens is 1. The molecule has 0 aliphatic rings. The number of pyridine rings is 1. The van der Waals surface area contributed by atoms with Crippen LogP contribution in [-0.2, 0) is 16.6 Å². The van der Waals surface area contributed by atoms with Gasteiger partial charge in [-0.2, -0.15) is 13.5 Å². The van der Waals surface area contributed by atoms with E-state index in [1.54, 1.807) is 25.4 Å². The minimum absolute atomic E-state index is 0.0663. The Morgan fingerprint density at radius 3 is 2.61 bits per heavy atom. The monoisotopic (exact) mass is 481 g/mol. The third-order valence-electron chi connectivity index (χ3n) is 4.79. The molecule has 0 aliphatic heterocycles. The van der Waals surface area contributed by atoms with Gasteiger partial charge in [-0.15, -0.1) is 0 Å². The van der Waals surface area contributed by atoms with E-state index in [1.165, 1.54) is 30.5 Å². The van der Waals surface area contributed by atoms with Gasteiger partial charge in [0.2, 0.25) is 0 Å². The predicted molar refractivity (Wildman–Crippen MR) is 128 cm³/mol. The number of methoxy groups -OCH3 is 1. The summed E-state index contributed by atoms with van der Waals surface area (Å²) in [5, 5.41) is 5.31. The minimum Gasteiger partial charge on any atom is -0.496 e. The number of hydrogen-bond acceptors (Lipinski definition) is 6. The van der Waals surface area contributed by atoms with E-state index in [2.05, 4.69) is 14.9 Å². The van der Waals surface area contributed by atoms with Crippen LogP contribution >= 0.6 is 11.6 Å². The molecule has 7 nitrogen and oxygen atoms in total. The van der Waals surface area contributed by atoms with E-state index in [0.717, 1.165) is 16.5 Å². The number of fused-ring (bicyclic) bond motifs is 1. The summed E-state index contributed by atoms with van der Waals surface area (Å²) < 4.78 is 36.2. The molecule has 168 valence electrons. The van der Waals surface area contributed by atoms with Crippen LogP contribution in [0, 0.1) is 0 Å². The Balaban J connectivity index is 1.50. The van der Waals surface area contributed by atoms with Crippen molar-refractivity contribution in [2.75, 3.05) is 7.11 Å². The van der Waals surface area contributed by atoms with Gasteiger partial charge >= 0.3 is 0 Å². The first kappa shape index (κ1) is 22.6. The van der Waals surface area contributed by atoms with Crippen molar-refractivity contribution in [1.29, 1.82) is 0 Å². The fourth-order valence-electron chi connectivity index (χ4n) is 3.18. The maximum absolute atomic E-state index is 12.4. The number of ether oxygens (including phenoxy) is 2. The van der Waals surface area contributed by atoms with Crippen LogP contribution in [0.4, 0.5) is 0 Å². The Bertz CT molecular complexity index is 1400. The first-order chi connectivity index (χ1) is 16.0. The topological polar surface area (TPSA) is 89.9 Å². The average Bonchev–Trinajstić information content (AvgIpc) is 2.83. The van der Waals surface area contributed by atoms with Crippen molar-refractivity contribution in [3.05, 3.63) is 95.1 Å². The van der Waals surface area contributed by atoms with E-state index in [-0.39, 0.29) is 11.5 Å². The Morgan fingerprint density at radius 2 is 1.82 bits per heavy atom. The summed E-state index contributed by atoms with van der Waals surface area (Å²) >= 11 is 5.81. The molecule has 0 atom stereocenters. The molecule has 0 aliphatic carbocycles. The molecule has 0 saturated heterocycles. The number of rotatable bonds is 8. The number of sulfonamides is 1. The number of nitrogens with zero attached hydrogens (tertiary/aromatic N) is 2. The van der Waals surface area contributed by atoms with Gasteiger partial charge in [-0.1, -0.05) is 29.8 Å². The summed E-state index contributed by atoms with van der Waals surface area (Å²) in [7, 11) is -2.22. The van der Waals surface area contributed by atoms with Gasteiger partial charge < -0.3 is 9.47 Å². The lowest BCUT2D eigenvalue weighted by Crippen LogP contribution is -2.18. The zero-order valence-electron chi connectivity index (χ0n) is 17.6. The Kier molecular flexibility index (Phi) is 6.76. The van der Waals surface area contributed by atoms with E-state index in [0.29, 0.717) is 22.1 Å². The lowest BCUT2D eigenvalue weighted by Gasteiger charge is -2.12. The van der Waals surface area contributed by atoms with Crippen LogP contribution in [0.1, 0.15) is 11.1 Å². The smallest absolute Gasteiger partial charge is 0.276 e. The van der Waals surface area contributed by atoms with Crippen LogP contribution in [-0.4, -0.2) is 26.7 Å². The van der Waals surface area contributed by atoms with Crippen LogP contribution in [0.3, 0.4) is 0 Å². The molecular formula is C24H20ClN3O4S. The molecule has 33 heavy (non-hydrogen) atoms. The molecule has 0 spiro atoms. The number of para-hydroxylation sites is 1. The van der Waals surface area contributed by atoms with Gasteiger partial charge in [-0.25, -0.2) is 4.83 Å². The second kappa shape index (κ2) is 9.89. The maximum Gasteiger partial charge on any atom is 0.276 e. The standard InChI is InChI=1S/C24H20ClN3O4S/c1-31-22-12-7-17(15-27-28-33(29,30)21-10-8-20(25)9-11-21)14-19(22)16-32-23-6-2-4-18-5-3-13-26-24(18)23/h2-15,28H,16H2,1H3/b27-15-. The number of nitrogens with one attached hydrogen (secondary N) is 1. The summed E-state index contributed by atoms with van der Waals surface area (Å²) in [5.74, 6) is 1.30. The third kappa shape index (κ3) is 5.42. The fourth-order valence-corrected chi connectivity index (χ4v) is 4.09. The van der Waals surface area contributed by atoms with Gasteiger partial charge in [0.25, 0.3) is 10.0 Å². The van der Waals surface area contributed by atoms with E-state index in [9.17, 15) is 8.42 Å². The highest BCUT2D eigenvalue weighted by atomic mass is 35.5. The van der Waals surface area contributed by atoms with Crippen molar-refractivity contribution in [2.24, 2.45) is 5.10 Å². The van der Waals surface area contributed by atoms with Crippen LogP contribution in [0.2, 0.25) is 5.02 Å². The highest BCUT2D eigenvalue weighted by Gasteiger charge is 2.12. The quantitative estimate of drug-likeness (QED) is 0.289. The highest BCUT2D eigenvalue weighted by Crippen LogP contribution is 2.26. The Morgan fingerprint density at radius 1 is 1.03 bits per heavy atom. The third-order valence-corrected chi connectivity index (χ3v) is 6.28. The predicted octanol–water partition coefficient (Wildman–Crippen LogP) is 4.79. The van der Waals surface area contributed by atoms with Crippen molar-refractivity contribution in [3.8, 4) is 11.5 Å². The molecule has 1 aromatic heterocycles. The van der Waals surface area contributed by atoms with Gasteiger partial charge in [-0.3, -0.25) is 4.98 Å².